The summed E-state index contributed by atoms with van der Waals surface area (Å²) in [7, 11) is -13.7. The second-order valence-corrected chi connectivity index (χ2v) is 64.0. The standard InChI is InChI=1S/C50H90N2Si6/c1-36-31-29-32-37(2)41(36)51-35-40(54(23,24)45(5,6)7)58(57(28,49(17,18)19)50(20,21)22)43(52-42-38(3)33-30-34-39(42)4)53(44(58)55(25,26)46(8,9)10)56(27,47(11,12)13)48(14,15)16/h29-34H,1-28H3. The van der Waals surface area contributed by atoms with Crippen LogP contribution < -0.4 is 0 Å². The molecular weight excluding hydrogens is 797 g/mol. The molecule has 0 saturated carbocycles. The van der Waals surface area contributed by atoms with Gasteiger partial charge in [0.05, 0.1) is 42.7 Å². The molecule has 0 aliphatic carbocycles. The summed E-state index contributed by atoms with van der Waals surface area (Å²) in [6, 6.07) is 13.5. The fourth-order valence-corrected chi connectivity index (χ4v) is 97.5. The van der Waals surface area contributed by atoms with Crippen LogP contribution in [0, 0.1) is 27.7 Å². The first kappa shape index (κ1) is 51.1. The molecule has 0 amide bonds. The predicted octanol–water partition coefficient (Wildman–Crippen LogP) is 16.4. The zero-order valence-electron chi connectivity index (χ0n) is 43.4. The van der Waals surface area contributed by atoms with Gasteiger partial charge in [0.1, 0.15) is 7.59 Å². The molecule has 3 rings (SSSR count). The molecule has 1 unspecified atom stereocenters. The highest BCUT2D eigenvalue weighted by Gasteiger charge is 2.79. The summed E-state index contributed by atoms with van der Waals surface area (Å²) in [5.74, 6) is 4.36. The molecule has 2 aromatic carbocycles. The normalized spacial score (nSPS) is 19.0. The molecule has 324 valence electrons. The van der Waals surface area contributed by atoms with E-state index in [1.807, 2.05) is 0 Å². The maximum atomic E-state index is 6.55. The molecule has 1 heterocycles. The van der Waals surface area contributed by atoms with Crippen molar-refractivity contribution < 1.29 is 0 Å². The minimum atomic E-state index is -2.97. The van der Waals surface area contributed by atoms with Crippen LogP contribution in [0.1, 0.15) is 147 Å². The molecule has 1 atom stereocenters. The largest absolute Gasteiger partial charge is 0.262 e. The van der Waals surface area contributed by atoms with Crippen molar-refractivity contribution in [1.82, 2.24) is 0 Å². The van der Waals surface area contributed by atoms with Crippen LogP contribution in [-0.4, -0.2) is 62.1 Å². The zero-order chi connectivity index (χ0) is 45.6. The lowest BCUT2D eigenvalue weighted by Gasteiger charge is -2.72. The van der Waals surface area contributed by atoms with E-state index in [9.17, 15) is 0 Å². The third-order valence-electron chi connectivity index (χ3n) is 17.2. The lowest BCUT2D eigenvalue weighted by molar-refractivity contribution is 0.635. The Hall–Kier alpha value is -1.27. The van der Waals surface area contributed by atoms with E-state index in [1.165, 1.54) is 27.9 Å². The van der Waals surface area contributed by atoms with Gasteiger partial charge in [-0.25, -0.2) is 4.99 Å². The minimum Gasteiger partial charge on any atom is -0.262 e. The van der Waals surface area contributed by atoms with Gasteiger partial charge in [-0.3, -0.25) is 4.99 Å². The second-order valence-electron chi connectivity index (χ2n) is 26.0. The summed E-state index contributed by atoms with van der Waals surface area (Å²) in [6.07, 6.45) is 0. The number of hydrogen-bond donors (Lipinski definition) is 0. The Balaban J connectivity index is 3.27. The number of hydrogen-bond acceptors (Lipinski definition) is 2. The van der Waals surface area contributed by atoms with Gasteiger partial charge in [-0.15, -0.1) is 0 Å². The van der Waals surface area contributed by atoms with Crippen molar-refractivity contribution in [2.45, 2.75) is 222 Å². The number of rotatable bonds is 7. The first-order valence-electron chi connectivity index (χ1n) is 22.4. The van der Waals surface area contributed by atoms with Gasteiger partial charge in [-0.1, -0.05) is 205 Å². The van der Waals surface area contributed by atoms with Crippen LogP contribution in [0.2, 0.25) is 69.5 Å². The molecule has 1 aliphatic heterocycles. The van der Waals surface area contributed by atoms with Crippen molar-refractivity contribution in [3.63, 3.8) is 0 Å². The molecular formula is C50H90N2Si6. The molecule has 0 bridgehead atoms. The van der Waals surface area contributed by atoms with E-state index in [1.54, 1.807) is 9.78 Å². The highest BCUT2D eigenvalue weighted by atomic mass is 29.3. The number of aliphatic imine (C=N–C) groups is 2. The van der Waals surface area contributed by atoms with Crippen LogP contribution in [0.4, 0.5) is 11.4 Å². The SMILES string of the molecule is Cc1cccc(C)c1N=C=C([Si](C)(C)C(C)(C)C)[Si]1([Si](C)(C(C)(C)C)C(C)(C)C)C(=Nc2c(C)cccc2C)[Si]([Si](C)(C(C)(C)C)C(C)(C)C)=C1[Si](C)(C)C(C)(C)C. The van der Waals surface area contributed by atoms with Crippen LogP contribution in [0.5, 0.6) is 0 Å². The summed E-state index contributed by atoms with van der Waals surface area (Å²) in [5, 5.41) is 0.744. The van der Waals surface area contributed by atoms with Crippen molar-refractivity contribution in [3.05, 3.63) is 63.5 Å². The Kier molecular flexibility index (Phi) is 13.7. The van der Waals surface area contributed by atoms with Gasteiger partial charge in [-0.2, -0.15) is 0 Å². The maximum Gasteiger partial charge on any atom is 0.147 e. The summed E-state index contributed by atoms with van der Waals surface area (Å²) in [4.78, 5) is 15.7. The van der Waals surface area contributed by atoms with Crippen LogP contribution in [0.25, 0.3) is 0 Å². The van der Waals surface area contributed by atoms with Gasteiger partial charge >= 0.3 is 0 Å². The fraction of sp³-hybridized carbons (Fsp3) is 0.680. The molecule has 0 aromatic heterocycles. The highest BCUT2D eigenvalue weighted by Crippen LogP contribution is 2.65. The predicted molar refractivity (Wildman–Crippen MR) is 283 cm³/mol. The summed E-state index contributed by atoms with van der Waals surface area (Å²) >= 11 is 0. The molecule has 2 aromatic rings. The Bertz CT molecular complexity index is 1960. The summed E-state index contributed by atoms with van der Waals surface area (Å²) in [5.41, 5.74) is 7.44. The number of nitrogens with zero attached hydrogens (tertiary/aromatic N) is 2. The van der Waals surface area contributed by atoms with Crippen molar-refractivity contribution in [2.75, 3.05) is 0 Å². The average molecular weight is 888 g/mol. The number of aryl methyl sites for hydroxylation is 4. The first-order chi connectivity index (χ1) is 25.6. The molecule has 0 radical (unpaired) electrons. The van der Waals surface area contributed by atoms with E-state index in [-0.39, 0.29) is 30.2 Å². The Morgan fingerprint density at radius 3 is 1.19 bits per heavy atom. The smallest absolute Gasteiger partial charge is 0.147 e. The number of para-hydroxylation sites is 2. The topological polar surface area (TPSA) is 24.7 Å². The molecule has 0 N–H and O–H groups in total. The van der Waals surface area contributed by atoms with Crippen molar-refractivity contribution in [1.29, 1.82) is 0 Å². The van der Waals surface area contributed by atoms with Gasteiger partial charge in [0.15, 0.2) is 0 Å². The Morgan fingerprint density at radius 1 is 0.517 bits per heavy atom. The first-order valence-corrected chi connectivity index (χ1v) is 38.9. The maximum absolute atomic E-state index is 6.55. The summed E-state index contributed by atoms with van der Waals surface area (Å²) in [6.45, 7) is 73.2. The zero-order valence-corrected chi connectivity index (χ0v) is 49.4. The molecule has 0 saturated heterocycles. The van der Waals surface area contributed by atoms with Crippen LogP contribution >= 0.6 is 0 Å². The van der Waals surface area contributed by atoms with E-state index in [0.29, 0.717) is 0 Å². The monoisotopic (exact) mass is 887 g/mol. The van der Waals surface area contributed by atoms with E-state index in [4.69, 9.17) is 9.98 Å². The van der Waals surface area contributed by atoms with Gasteiger partial charge in [0.25, 0.3) is 0 Å². The van der Waals surface area contributed by atoms with Crippen molar-refractivity contribution in [3.8, 4) is 0 Å². The lowest BCUT2D eigenvalue weighted by Crippen LogP contribution is -2.95. The van der Waals surface area contributed by atoms with E-state index in [0.717, 1.165) is 5.69 Å². The highest BCUT2D eigenvalue weighted by molar-refractivity contribution is 7.94. The molecule has 2 nitrogen and oxygen atoms in total. The summed E-state index contributed by atoms with van der Waals surface area (Å²) < 4.78 is 2.14. The molecule has 1 aliphatic rings. The van der Waals surface area contributed by atoms with Gasteiger partial charge in [-0.05, 0) is 90.9 Å². The quantitative estimate of drug-likeness (QED) is 0.195. The van der Waals surface area contributed by atoms with E-state index in [2.05, 4.69) is 238 Å². The van der Waals surface area contributed by atoms with E-state index >= 15 is 0 Å². The van der Waals surface area contributed by atoms with Gasteiger partial charge < -0.3 is 0 Å². The second kappa shape index (κ2) is 15.5. The van der Waals surface area contributed by atoms with Gasteiger partial charge in [0.2, 0.25) is 0 Å². The lowest BCUT2D eigenvalue weighted by atomic mass is 10.1. The average Bonchev–Trinajstić information content (AvgIpc) is 2.98. The van der Waals surface area contributed by atoms with Gasteiger partial charge in [0, 0.05) is 12.9 Å². The van der Waals surface area contributed by atoms with Crippen LogP contribution in [0.15, 0.2) is 51.2 Å². The number of benzene rings is 2. The minimum absolute atomic E-state index is 0.0787. The molecule has 8 heteroatoms. The third-order valence-corrected chi connectivity index (χ3v) is 83.2. The molecule has 0 spiro atoms. The van der Waals surface area contributed by atoms with Crippen LogP contribution in [0.3, 0.4) is 0 Å². The molecule has 58 heavy (non-hydrogen) atoms. The Labute approximate surface area is 366 Å². The third kappa shape index (κ3) is 7.76. The Morgan fingerprint density at radius 2 is 0.879 bits per heavy atom. The molecule has 0 fully saturated rings. The van der Waals surface area contributed by atoms with Crippen molar-refractivity contribution in [2.24, 2.45) is 9.98 Å². The van der Waals surface area contributed by atoms with Crippen LogP contribution in [-0.2, 0) is 0 Å². The fourth-order valence-electron chi connectivity index (χ4n) is 10.7. The van der Waals surface area contributed by atoms with Crippen molar-refractivity contribution >= 4 is 73.5 Å². The van der Waals surface area contributed by atoms with E-state index < -0.39 is 46.8 Å².